The highest BCUT2D eigenvalue weighted by Crippen LogP contribution is 2.16. The number of hydrogen-bond donors (Lipinski definition) is 1. The van der Waals surface area contributed by atoms with E-state index < -0.39 is 0 Å². The third-order valence-electron chi connectivity index (χ3n) is 3.08. The lowest BCUT2D eigenvalue weighted by atomic mass is 10.1. The minimum atomic E-state index is 0.282. The van der Waals surface area contributed by atoms with E-state index in [-0.39, 0.29) is 6.04 Å². The fraction of sp³-hybridized carbons (Fsp3) is 0.357. The molecule has 0 unspecified atom stereocenters. The molecule has 0 saturated carbocycles. The molecule has 1 aromatic carbocycles. The molecule has 4 heteroatoms. The van der Waals surface area contributed by atoms with E-state index in [9.17, 15) is 0 Å². The molecule has 0 saturated heterocycles. The van der Waals surface area contributed by atoms with E-state index in [1.807, 2.05) is 36.7 Å². The fourth-order valence-corrected chi connectivity index (χ4v) is 2.03. The minimum Gasteiger partial charge on any atom is -0.334 e. The monoisotopic (exact) mass is 263 g/mol. The second-order valence-electron chi connectivity index (χ2n) is 4.28. The lowest BCUT2D eigenvalue weighted by Gasteiger charge is -2.14. The summed E-state index contributed by atoms with van der Waals surface area (Å²) in [5.41, 5.74) is 1.23. The van der Waals surface area contributed by atoms with E-state index in [0.29, 0.717) is 0 Å². The van der Waals surface area contributed by atoms with Gasteiger partial charge < -0.3 is 9.88 Å². The van der Waals surface area contributed by atoms with Crippen LogP contribution in [0.25, 0.3) is 0 Å². The van der Waals surface area contributed by atoms with Crippen LogP contribution >= 0.6 is 11.6 Å². The van der Waals surface area contributed by atoms with E-state index >= 15 is 0 Å². The van der Waals surface area contributed by atoms with Crippen LogP contribution in [0.1, 0.15) is 31.3 Å². The predicted molar refractivity (Wildman–Crippen MR) is 74.6 cm³/mol. The summed E-state index contributed by atoms with van der Waals surface area (Å²) in [7, 11) is 0. The molecule has 0 radical (unpaired) electrons. The van der Waals surface area contributed by atoms with Gasteiger partial charge in [0.2, 0.25) is 0 Å². The Kier molecular flexibility index (Phi) is 4.39. The molecule has 2 rings (SSSR count). The summed E-state index contributed by atoms with van der Waals surface area (Å²) in [4.78, 5) is 4.35. The van der Waals surface area contributed by atoms with Gasteiger partial charge in [-0.2, -0.15) is 0 Å². The second-order valence-corrected chi connectivity index (χ2v) is 4.72. The summed E-state index contributed by atoms with van der Waals surface area (Å²) in [5.74, 6) is 1.07. The Morgan fingerprint density at radius 1 is 1.33 bits per heavy atom. The van der Waals surface area contributed by atoms with Crippen molar-refractivity contribution in [2.75, 3.05) is 0 Å². The molecule has 0 aliphatic rings. The number of nitrogens with zero attached hydrogens (tertiary/aromatic N) is 2. The van der Waals surface area contributed by atoms with Crippen molar-refractivity contribution in [3.05, 3.63) is 53.1 Å². The summed E-state index contributed by atoms with van der Waals surface area (Å²) in [6.45, 7) is 5.98. The molecule has 0 aliphatic carbocycles. The number of benzene rings is 1. The van der Waals surface area contributed by atoms with Gasteiger partial charge in [0.1, 0.15) is 5.82 Å². The molecule has 2 aromatic rings. The Morgan fingerprint density at radius 3 is 2.72 bits per heavy atom. The highest BCUT2D eigenvalue weighted by molar-refractivity contribution is 6.30. The minimum absolute atomic E-state index is 0.282. The number of aromatic nitrogens is 2. The van der Waals surface area contributed by atoms with Gasteiger partial charge in [-0.25, -0.2) is 4.98 Å². The molecule has 18 heavy (non-hydrogen) atoms. The third-order valence-corrected chi connectivity index (χ3v) is 3.33. The van der Waals surface area contributed by atoms with E-state index in [2.05, 4.69) is 28.7 Å². The van der Waals surface area contributed by atoms with Gasteiger partial charge in [0.05, 0.1) is 6.54 Å². The highest BCUT2D eigenvalue weighted by atomic mass is 35.5. The second kappa shape index (κ2) is 6.03. The van der Waals surface area contributed by atoms with Crippen LogP contribution < -0.4 is 5.32 Å². The number of hydrogen-bond acceptors (Lipinski definition) is 2. The van der Waals surface area contributed by atoms with Crippen molar-refractivity contribution in [2.45, 2.75) is 33.0 Å². The Balaban J connectivity index is 1.96. The lowest BCUT2D eigenvalue weighted by Crippen LogP contribution is -2.20. The Morgan fingerprint density at radius 2 is 2.06 bits per heavy atom. The van der Waals surface area contributed by atoms with Gasteiger partial charge in [-0.15, -0.1) is 0 Å². The molecule has 1 atom stereocenters. The van der Waals surface area contributed by atoms with Gasteiger partial charge in [-0.3, -0.25) is 0 Å². The molecule has 96 valence electrons. The summed E-state index contributed by atoms with van der Waals surface area (Å²) in [5, 5.41) is 4.24. The average Bonchev–Trinajstić information content (AvgIpc) is 2.84. The van der Waals surface area contributed by atoms with Crippen LogP contribution in [-0.4, -0.2) is 9.55 Å². The van der Waals surface area contributed by atoms with Gasteiger partial charge >= 0.3 is 0 Å². The zero-order valence-corrected chi connectivity index (χ0v) is 11.5. The summed E-state index contributed by atoms with van der Waals surface area (Å²) in [6.07, 6.45) is 3.84. The molecule has 1 N–H and O–H groups in total. The zero-order valence-electron chi connectivity index (χ0n) is 10.7. The molecule has 3 nitrogen and oxygen atoms in total. The van der Waals surface area contributed by atoms with Gasteiger partial charge in [0.25, 0.3) is 0 Å². The van der Waals surface area contributed by atoms with Crippen LogP contribution in [0.3, 0.4) is 0 Å². The van der Waals surface area contributed by atoms with E-state index in [1.165, 1.54) is 5.56 Å². The lowest BCUT2D eigenvalue weighted by molar-refractivity contribution is 0.540. The van der Waals surface area contributed by atoms with Crippen molar-refractivity contribution in [2.24, 2.45) is 0 Å². The Hall–Kier alpha value is -1.32. The molecule has 0 bridgehead atoms. The predicted octanol–water partition coefficient (Wildman–Crippen LogP) is 3.41. The fourth-order valence-electron chi connectivity index (χ4n) is 1.91. The molecule has 1 aromatic heterocycles. The van der Waals surface area contributed by atoms with Crippen LogP contribution in [0.4, 0.5) is 0 Å². The van der Waals surface area contributed by atoms with Gasteiger partial charge in [-0.05, 0) is 31.5 Å². The number of halogens is 1. The summed E-state index contributed by atoms with van der Waals surface area (Å²) >= 11 is 5.88. The topological polar surface area (TPSA) is 29.9 Å². The quantitative estimate of drug-likeness (QED) is 0.896. The van der Waals surface area contributed by atoms with Gasteiger partial charge in [0.15, 0.2) is 0 Å². The smallest absolute Gasteiger partial charge is 0.122 e. The van der Waals surface area contributed by atoms with Crippen LogP contribution in [0.15, 0.2) is 36.7 Å². The molecular weight excluding hydrogens is 246 g/mol. The summed E-state index contributed by atoms with van der Waals surface area (Å²) in [6, 6.07) is 8.21. The number of rotatable bonds is 5. The van der Waals surface area contributed by atoms with Crippen LogP contribution in [0.2, 0.25) is 5.02 Å². The van der Waals surface area contributed by atoms with Crippen molar-refractivity contribution in [3.8, 4) is 0 Å². The van der Waals surface area contributed by atoms with Crippen LogP contribution in [0, 0.1) is 0 Å². The van der Waals surface area contributed by atoms with E-state index in [1.54, 1.807) is 0 Å². The van der Waals surface area contributed by atoms with Crippen molar-refractivity contribution in [1.82, 2.24) is 14.9 Å². The molecule has 0 spiro atoms. The van der Waals surface area contributed by atoms with Crippen molar-refractivity contribution < 1.29 is 0 Å². The highest BCUT2D eigenvalue weighted by Gasteiger charge is 2.07. The van der Waals surface area contributed by atoms with E-state index in [0.717, 1.165) is 23.9 Å². The van der Waals surface area contributed by atoms with Crippen molar-refractivity contribution in [3.63, 3.8) is 0 Å². The first-order valence-electron chi connectivity index (χ1n) is 6.19. The van der Waals surface area contributed by atoms with Crippen LogP contribution in [-0.2, 0) is 13.1 Å². The van der Waals surface area contributed by atoms with E-state index in [4.69, 9.17) is 11.6 Å². The van der Waals surface area contributed by atoms with Crippen molar-refractivity contribution >= 4 is 11.6 Å². The van der Waals surface area contributed by atoms with Gasteiger partial charge in [-0.1, -0.05) is 23.7 Å². The number of imidazole rings is 1. The van der Waals surface area contributed by atoms with Gasteiger partial charge in [0, 0.05) is 30.0 Å². The molecule has 1 heterocycles. The number of aryl methyl sites for hydroxylation is 1. The molecule has 0 fully saturated rings. The SMILES string of the molecule is CCn1ccnc1CN[C@@H](C)c1ccc(Cl)cc1. The first-order chi connectivity index (χ1) is 8.70. The largest absolute Gasteiger partial charge is 0.334 e. The molecule has 0 aliphatic heterocycles. The average molecular weight is 264 g/mol. The summed E-state index contributed by atoms with van der Waals surface area (Å²) < 4.78 is 2.14. The first-order valence-corrected chi connectivity index (χ1v) is 6.57. The first kappa shape index (κ1) is 13.1. The molecule has 0 amide bonds. The van der Waals surface area contributed by atoms with Crippen molar-refractivity contribution in [1.29, 1.82) is 0 Å². The standard InChI is InChI=1S/C14H18ClN3/c1-3-18-9-8-16-14(18)10-17-11(2)12-4-6-13(15)7-5-12/h4-9,11,17H,3,10H2,1-2H3/t11-/m0/s1. The molecular formula is C14H18ClN3. The maximum atomic E-state index is 5.88. The normalized spacial score (nSPS) is 12.6. The zero-order chi connectivity index (χ0) is 13.0. The Labute approximate surface area is 113 Å². The Bertz CT molecular complexity index is 490. The maximum absolute atomic E-state index is 5.88. The third kappa shape index (κ3) is 3.12. The van der Waals surface area contributed by atoms with Crippen LogP contribution in [0.5, 0.6) is 0 Å². The maximum Gasteiger partial charge on any atom is 0.122 e. The number of nitrogens with one attached hydrogen (secondary N) is 1.